The van der Waals surface area contributed by atoms with E-state index in [0.29, 0.717) is 11.8 Å². The van der Waals surface area contributed by atoms with Gasteiger partial charge in [-0.05, 0) is 34.1 Å². The first-order valence-corrected chi connectivity index (χ1v) is 8.78. The molecule has 0 saturated heterocycles. The molecule has 0 N–H and O–H groups in total. The van der Waals surface area contributed by atoms with Crippen LogP contribution in [-0.4, -0.2) is 0 Å². The van der Waals surface area contributed by atoms with Crippen LogP contribution in [0, 0.1) is 0 Å². The fraction of sp³-hybridized carbons (Fsp3) is 0.250. The zero-order valence-electron chi connectivity index (χ0n) is 15.2. The van der Waals surface area contributed by atoms with Crippen molar-refractivity contribution in [2.24, 2.45) is 0 Å². The van der Waals surface area contributed by atoms with E-state index in [9.17, 15) is 0 Å². The SMILES string of the molecule is CC(C)c1ccc(-c2ccccc2)cc1.CC(C)c1ccccc1. The Bertz CT molecular complexity index is 692. The van der Waals surface area contributed by atoms with Crippen LogP contribution in [0.5, 0.6) is 0 Å². The molecule has 0 radical (unpaired) electrons. The highest BCUT2D eigenvalue weighted by Crippen LogP contribution is 2.22. The van der Waals surface area contributed by atoms with Crippen LogP contribution in [0.3, 0.4) is 0 Å². The molecule has 3 rings (SSSR count). The molecular formula is C24H28. The molecule has 0 bridgehead atoms. The summed E-state index contributed by atoms with van der Waals surface area (Å²) in [6.45, 7) is 8.85. The highest BCUT2D eigenvalue weighted by molar-refractivity contribution is 5.63. The van der Waals surface area contributed by atoms with Crippen molar-refractivity contribution in [1.29, 1.82) is 0 Å². The smallest absolute Gasteiger partial charge is 0.0184 e. The minimum absolute atomic E-state index is 0.606. The van der Waals surface area contributed by atoms with Crippen LogP contribution < -0.4 is 0 Å². The van der Waals surface area contributed by atoms with Gasteiger partial charge in [0, 0.05) is 0 Å². The number of hydrogen-bond donors (Lipinski definition) is 0. The quantitative estimate of drug-likeness (QED) is 0.476. The van der Waals surface area contributed by atoms with Crippen LogP contribution in [0.2, 0.25) is 0 Å². The van der Waals surface area contributed by atoms with Crippen molar-refractivity contribution < 1.29 is 0 Å². The standard InChI is InChI=1S/C15H16.C9H12/c1-12(2)13-8-10-15(11-9-13)14-6-4-3-5-7-14;1-8(2)9-6-4-3-5-7-9/h3-12H,1-2H3;3-8H,1-2H3. The molecule has 0 unspecified atom stereocenters. The largest absolute Gasteiger partial charge is 0.0622 e. The average Bonchev–Trinajstić information content (AvgIpc) is 2.64. The molecule has 0 spiro atoms. The maximum atomic E-state index is 2.22. The highest BCUT2D eigenvalue weighted by Gasteiger charge is 1.99. The molecule has 0 saturated carbocycles. The van der Waals surface area contributed by atoms with Crippen molar-refractivity contribution in [2.45, 2.75) is 39.5 Å². The third kappa shape index (κ3) is 5.38. The Labute approximate surface area is 147 Å². The molecule has 3 aromatic rings. The van der Waals surface area contributed by atoms with Crippen LogP contribution in [0.25, 0.3) is 11.1 Å². The van der Waals surface area contributed by atoms with E-state index >= 15 is 0 Å². The molecule has 24 heavy (non-hydrogen) atoms. The van der Waals surface area contributed by atoms with Gasteiger partial charge in [0.15, 0.2) is 0 Å². The van der Waals surface area contributed by atoms with Gasteiger partial charge in [0.2, 0.25) is 0 Å². The van der Waals surface area contributed by atoms with Gasteiger partial charge in [-0.2, -0.15) is 0 Å². The first kappa shape index (κ1) is 18.0. The second-order valence-corrected chi connectivity index (χ2v) is 6.71. The zero-order chi connectivity index (χ0) is 17.4. The summed E-state index contributed by atoms with van der Waals surface area (Å²) in [5, 5.41) is 0. The van der Waals surface area contributed by atoms with Gasteiger partial charge in [0.05, 0.1) is 0 Å². The summed E-state index contributed by atoms with van der Waals surface area (Å²) in [6.07, 6.45) is 0. The molecule has 0 fully saturated rings. The maximum Gasteiger partial charge on any atom is -0.0184 e. The summed E-state index contributed by atoms with van der Waals surface area (Å²) in [5.74, 6) is 1.26. The van der Waals surface area contributed by atoms with E-state index in [1.165, 1.54) is 22.3 Å². The van der Waals surface area contributed by atoms with Crippen LogP contribution >= 0.6 is 0 Å². The Hall–Kier alpha value is -2.34. The average molecular weight is 316 g/mol. The fourth-order valence-electron chi connectivity index (χ4n) is 2.53. The maximum absolute atomic E-state index is 2.22. The molecule has 0 amide bonds. The summed E-state index contributed by atoms with van der Waals surface area (Å²) in [6, 6.07) is 29.8. The lowest BCUT2D eigenvalue weighted by Gasteiger charge is -2.06. The Morgan fingerprint density at radius 1 is 0.417 bits per heavy atom. The van der Waals surface area contributed by atoms with E-state index < -0.39 is 0 Å². The molecule has 0 heterocycles. The van der Waals surface area contributed by atoms with Crippen molar-refractivity contribution in [3.8, 4) is 11.1 Å². The molecule has 0 heteroatoms. The van der Waals surface area contributed by atoms with Gasteiger partial charge < -0.3 is 0 Å². The van der Waals surface area contributed by atoms with Gasteiger partial charge in [-0.25, -0.2) is 0 Å². The van der Waals surface area contributed by atoms with E-state index in [0.717, 1.165) is 0 Å². The van der Waals surface area contributed by atoms with Crippen LogP contribution in [0.1, 0.15) is 50.7 Å². The van der Waals surface area contributed by atoms with E-state index in [4.69, 9.17) is 0 Å². The molecule has 3 aromatic carbocycles. The summed E-state index contributed by atoms with van der Waals surface area (Å²) >= 11 is 0. The van der Waals surface area contributed by atoms with Gasteiger partial charge in [0.1, 0.15) is 0 Å². The summed E-state index contributed by atoms with van der Waals surface area (Å²) in [4.78, 5) is 0. The van der Waals surface area contributed by atoms with Crippen molar-refractivity contribution in [2.75, 3.05) is 0 Å². The van der Waals surface area contributed by atoms with Gasteiger partial charge >= 0.3 is 0 Å². The van der Waals surface area contributed by atoms with Crippen molar-refractivity contribution in [3.63, 3.8) is 0 Å². The molecule has 124 valence electrons. The Morgan fingerprint density at radius 3 is 1.21 bits per heavy atom. The van der Waals surface area contributed by atoms with Crippen LogP contribution in [0.15, 0.2) is 84.9 Å². The topological polar surface area (TPSA) is 0 Å². The summed E-state index contributed by atoms with van der Waals surface area (Å²) < 4.78 is 0. The molecule has 0 aliphatic rings. The predicted octanol–water partition coefficient (Wildman–Crippen LogP) is 7.29. The van der Waals surface area contributed by atoms with Gasteiger partial charge in [-0.15, -0.1) is 0 Å². The lowest BCUT2D eigenvalue weighted by molar-refractivity contribution is 0.867. The normalized spacial score (nSPS) is 10.4. The van der Waals surface area contributed by atoms with E-state index in [1.54, 1.807) is 0 Å². The molecule has 0 aromatic heterocycles. The van der Waals surface area contributed by atoms with E-state index in [1.807, 2.05) is 12.1 Å². The van der Waals surface area contributed by atoms with Gasteiger partial charge in [0.25, 0.3) is 0 Å². The Kier molecular flexibility index (Phi) is 6.81. The van der Waals surface area contributed by atoms with Crippen LogP contribution in [0.4, 0.5) is 0 Å². The summed E-state index contributed by atoms with van der Waals surface area (Å²) in [5.41, 5.74) is 5.39. The number of benzene rings is 3. The number of hydrogen-bond acceptors (Lipinski definition) is 0. The second kappa shape index (κ2) is 9.08. The zero-order valence-corrected chi connectivity index (χ0v) is 15.2. The lowest BCUT2D eigenvalue weighted by Crippen LogP contribution is -1.86. The minimum atomic E-state index is 0.606. The van der Waals surface area contributed by atoms with E-state index in [2.05, 4.69) is 100 Å². The fourth-order valence-corrected chi connectivity index (χ4v) is 2.53. The lowest BCUT2D eigenvalue weighted by atomic mass is 9.99. The van der Waals surface area contributed by atoms with E-state index in [-0.39, 0.29) is 0 Å². The highest BCUT2D eigenvalue weighted by atomic mass is 14.0. The van der Waals surface area contributed by atoms with Crippen molar-refractivity contribution >= 4 is 0 Å². The first-order chi connectivity index (χ1) is 11.6. The summed E-state index contributed by atoms with van der Waals surface area (Å²) in [7, 11) is 0. The third-order valence-corrected chi connectivity index (χ3v) is 4.15. The first-order valence-electron chi connectivity index (χ1n) is 8.78. The predicted molar refractivity (Wildman–Crippen MR) is 106 cm³/mol. The molecule has 0 nitrogen and oxygen atoms in total. The molecular weight excluding hydrogens is 288 g/mol. The molecule has 0 atom stereocenters. The van der Waals surface area contributed by atoms with Gasteiger partial charge in [-0.3, -0.25) is 0 Å². The van der Waals surface area contributed by atoms with Gasteiger partial charge in [-0.1, -0.05) is 113 Å². The third-order valence-electron chi connectivity index (χ3n) is 4.15. The minimum Gasteiger partial charge on any atom is -0.0622 e. The van der Waals surface area contributed by atoms with Crippen molar-refractivity contribution in [3.05, 3.63) is 96.1 Å². The molecule has 0 aliphatic heterocycles. The van der Waals surface area contributed by atoms with Crippen molar-refractivity contribution in [1.82, 2.24) is 0 Å². The Morgan fingerprint density at radius 2 is 0.792 bits per heavy atom. The van der Waals surface area contributed by atoms with Crippen LogP contribution in [-0.2, 0) is 0 Å². The monoisotopic (exact) mass is 316 g/mol. The Balaban J connectivity index is 0.000000198. The number of rotatable bonds is 3. The molecule has 0 aliphatic carbocycles. The second-order valence-electron chi connectivity index (χ2n) is 6.71.